The Morgan fingerprint density at radius 2 is 1.83 bits per heavy atom. The van der Waals surface area contributed by atoms with Gasteiger partial charge in [-0.25, -0.2) is 0 Å². The van der Waals surface area contributed by atoms with Crippen LogP contribution in [-0.4, -0.2) is 35.7 Å². The van der Waals surface area contributed by atoms with Gasteiger partial charge in [0.25, 0.3) is 0 Å². The van der Waals surface area contributed by atoms with Crippen LogP contribution in [0.4, 0.5) is 8.78 Å². The van der Waals surface area contributed by atoms with Gasteiger partial charge in [-0.1, -0.05) is 5.56 Å². The van der Waals surface area contributed by atoms with Crippen LogP contribution in [0.2, 0.25) is 0 Å². The molecule has 0 aliphatic carbocycles. The van der Waals surface area contributed by atoms with Crippen LogP contribution < -0.4 is 24.2 Å². The van der Waals surface area contributed by atoms with Gasteiger partial charge in [-0.15, -0.1) is 12.1 Å². The Balaban J connectivity index is 0.000000292. The molecule has 1 unspecified atom stereocenters. The smallest absolute Gasteiger partial charge is 0.396 e. The van der Waals surface area contributed by atoms with Gasteiger partial charge in [-0.2, -0.15) is 18.9 Å². The number of imide groups is 1. The second-order valence-corrected chi connectivity index (χ2v) is 7.15. The fourth-order valence-corrected chi connectivity index (χ4v) is 3.34. The van der Waals surface area contributed by atoms with Crippen molar-refractivity contribution >= 4 is 11.8 Å². The van der Waals surface area contributed by atoms with Crippen LogP contribution in [0.15, 0.2) is 12.1 Å². The van der Waals surface area contributed by atoms with Gasteiger partial charge in [-0.3, -0.25) is 23.7 Å². The molecule has 0 bridgehead atoms. The molecule has 29 heavy (non-hydrogen) atoms. The molecular formula is C21H26F2LiNO4-2. The van der Waals surface area contributed by atoms with Crippen LogP contribution in [-0.2, 0) is 14.3 Å². The minimum absolute atomic E-state index is 0. The third kappa shape index (κ3) is 6.61. The van der Waals surface area contributed by atoms with Crippen LogP contribution in [0, 0.1) is 37.5 Å². The molecule has 0 aromatic heterocycles. The van der Waals surface area contributed by atoms with Crippen molar-refractivity contribution in [2.75, 3.05) is 13.2 Å². The molecule has 1 aromatic rings. The van der Waals surface area contributed by atoms with Gasteiger partial charge in [0.1, 0.15) is 0 Å². The zero-order chi connectivity index (χ0) is 20.7. The number of nitrogens with one attached hydrogen (secondary N) is 1. The second kappa shape index (κ2) is 11.8. The molecule has 2 fully saturated rings. The zero-order valence-electron chi connectivity index (χ0n) is 16.8. The van der Waals surface area contributed by atoms with Gasteiger partial charge in [0.05, 0.1) is 6.61 Å². The average Bonchev–Trinajstić information content (AvgIpc) is 2.70. The molecule has 2 amide bonds. The van der Waals surface area contributed by atoms with E-state index >= 15 is 0 Å². The van der Waals surface area contributed by atoms with Crippen molar-refractivity contribution < 1.29 is 47.1 Å². The van der Waals surface area contributed by atoms with Crippen molar-refractivity contribution in [3.05, 3.63) is 49.2 Å². The van der Waals surface area contributed by atoms with E-state index in [0.29, 0.717) is 12.5 Å². The number of benzene rings is 1. The van der Waals surface area contributed by atoms with E-state index in [-0.39, 0.29) is 49.5 Å². The molecule has 2 atom stereocenters. The number of piperidine rings is 1. The normalized spacial score (nSPS) is 23.3. The fourth-order valence-electron chi connectivity index (χ4n) is 3.34. The molecule has 8 heteroatoms. The first kappa shape index (κ1) is 25.8. The molecule has 0 radical (unpaired) electrons. The van der Waals surface area contributed by atoms with Crippen molar-refractivity contribution in [1.29, 1.82) is 0 Å². The van der Waals surface area contributed by atoms with Gasteiger partial charge in [0.15, 0.2) is 0 Å². The number of ether oxygens (including phenoxy) is 1. The van der Waals surface area contributed by atoms with Crippen molar-refractivity contribution in [3.8, 4) is 0 Å². The molecule has 2 saturated heterocycles. The van der Waals surface area contributed by atoms with E-state index in [1.54, 1.807) is 0 Å². The van der Waals surface area contributed by atoms with Crippen molar-refractivity contribution in [2.24, 2.45) is 5.92 Å². The van der Waals surface area contributed by atoms with E-state index < -0.39 is 29.4 Å². The molecule has 156 valence electrons. The van der Waals surface area contributed by atoms with Gasteiger partial charge in [0, 0.05) is 42.1 Å². The quantitative estimate of drug-likeness (QED) is 0.419. The first-order valence-electron chi connectivity index (χ1n) is 9.37. The second-order valence-electron chi connectivity index (χ2n) is 7.15. The monoisotopic (exact) mass is 401 g/mol. The number of carbonyl (C=O) groups is 2. The summed E-state index contributed by atoms with van der Waals surface area (Å²) >= 11 is 0. The summed E-state index contributed by atoms with van der Waals surface area (Å²) in [7, 11) is 0. The van der Waals surface area contributed by atoms with E-state index in [4.69, 9.17) is 9.84 Å². The summed E-state index contributed by atoms with van der Waals surface area (Å²) in [6.07, 6.45) is 3.83. The summed E-state index contributed by atoms with van der Waals surface area (Å²) in [6.45, 7) is 8.66. The minimum atomic E-state index is -0.938. The SMILES string of the molecule is O=C1CCC(c2c(F)c[c-]cc2F)C(=O)N1.[CH2-]CC1(C[CH2-])CC[C@H](CO)CO1.[Li+]. The molecule has 2 heterocycles. The number of hydrogen-bond acceptors (Lipinski definition) is 4. The zero-order valence-corrected chi connectivity index (χ0v) is 16.8. The summed E-state index contributed by atoms with van der Waals surface area (Å²) in [6, 6.07) is 4.23. The third-order valence-electron chi connectivity index (χ3n) is 5.33. The maximum atomic E-state index is 13.4. The van der Waals surface area contributed by atoms with E-state index in [9.17, 15) is 18.4 Å². The third-order valence-corrected chi connectivity index (χ3v) is 5.33. The molecule has 0 spiro atoms. The number of carbonyl (C=O) groups excluding carboxylic acids is 2. The number of hydrogen-bond donors (Lipinski definition) is 2. The number of rotatable bonds is 4. The predicted molar refractivity (Wildman–Crippen MR) is 98.8 cm³/mol. The molecule has 5 nitrogen and oxygen atoms in total. The van der Waals surface area contributed by atoms with E-state index in [1.165, 1.54) is 0 Å². The molecule has 0 saturated carbocycles. The Morgan fingerprint density at radius 1 is 1.21 bits per heavy atom. The van der Waals surface area contributed by atoms with Crippen LogP contribution in [0.1, 0.15) is 50.0 Å². The first-order valence-corrected chi connectivity index (χ1v) is 9.37. The summed E-state index contributed by atoms with van der Waals surface area (Å²) in [5.74, 6) is -3.29. The van der Waals surface area contributed by atoms with Crippen LogP contribution in [0.3, 0.4) is 0 Å². The number of aliphatic hydroxyl groups excluding tert-OH is 1. The van der Waals surface area contributed by atoms with Crippen LogP contribution >= 0.6 is 0 Å². The number of aliphatic hydroxyl groups is 1. The summed E-state index contributed by atoms with van der Waals surface area (Å²) in [5, 5.41) is 11.0. The van der Waals surface area contributed by atoms with Crippen molar-refractivity contribution in [2.45, 2.75) is 50.0 Å². The predicted octanol–water partition coefficient (Wildman–Crippen LogP) is -0.118. The van der Waals surface area contributed by atoms with E-state index in [2.05, 4.69) is 25.2 Å². The maximum absolute atomic E-state index is 13.4. The van der Waals surface area contributed by atoms with Crippen LogP contribution in [0.5, 0.6) is 0 Å². The van der Waals surface area contributed by atoms with Gasteiger partial charge < -0.3 is 23.7 Å². The Hall–Kier alpha value is -1.26. The minimum Gasteiger partial charge on any atom is -0.396 e. The van der Waals surface area contributed by atoms with Crippen molar-refractivity contribution in [3.63, 3.8) is 0 Å². The van der Waals surface area contributed by atoms with Crippen LogP contribution in [0.25, 0.3) is 0 Å². The molecule has 3 rings (SSSR count). The Bertz CT molecular complexity index is 667. The van der Waals surface area contributed by atoms with Gasteiger partial charge >= 0.3 is 18.9 Å². The summed E-state index contributed by atoms with van der Waals surface area (Å²) in [5.41, 5.74) is -0.380. The topological polar surface area (TPSA) is 75.6 Å². The Morgan fingerprint density at radius 3 is 2.28 bits per heavy atom. The molecular weight excluding hydrogens is 375 g/mol. The first-order chi connectivity index (χ1) is 13.4. The number of halogens is 2. The molecule has 2 aliphatic heterocycles. The number of amides is 2. The van der Waals surface area contributed by atoms with Gasteiger partial charge in [0.2, 0.25) is 11.8 Å². The summed E-state index contributed by atoms with van der Waals surface area (Å²) in [4.78, 5) is 22.3. The van der Waals surface area contributed by atoms with Gasteiger partial charge in [-0.05, 0) is 19.3 Å². The standard InChI is InChI=1S/C11H8F2NO2.C10H18O2.Li/c12-7-2-1-3-8(13)10(7)6-4-5-9(15)14-11(6)16;1-3-10(4-2)6-5-9(7-11)8-12-10;/h2-3,6H,4-5H2,(H,14,15,16);9,11H,1-8H2;/q-1;-2;+1/t;9-;/m.1./s1. The Kier molecular flexibility index (Phi) is 10.5. The molecule has 2 aliphatic rings. The van der Waals surface area contributed by atoms with E-state index in [0.717, 1.165) is 37.8 Å². The maximum Gasteiger partial charge on any atom is 1.00 e. The Labute approximate surface area is 182 Å². The summed E-state index contributed by atoms with van der Waals surface area (Å²) < 4.78 is 32.4. The average molecular weight is 401 g/mol. The largest absolute Gasteiger partial charge is 1.00 e. The molecule has 1 aromatic carbocycles. The molecule has 2 N–H and O–H groups in total. The fraction of sp³-hybridized carbons (Fsp3) is 0.524. The van der Waals surface area contributed by atoms with E-state index in [1.807, 2.05) is 0 Å². The van der Waals surface area contributed by atoms with Crippen molar-refractivity contribution in [1.82, 2.24) is 5.32 Å².